The Morgan fingerprint density at radius 1 is 1.24 bits per heavy atom. The molecule has 0 aromatic heterocycles. The van der Waals surface area contributed by atoms with E-state index in [9.17, 15) is 14.4 Å². The highest BCUT2D eigenvalue weighted by Gasteiger charge is 2.64. The fourth-order valence-corrected chi connectivity index (χ4v) is 4.63. The van der Waals surface area contributed by atoms with Gasteiger partial charge in [0.25, 0.3) is 5.91 Å². The van der Waals surface area contributed by atoms with Gasteiger partial charge in [-0.15, -0.1) is 0 Å². The number of ether oxygens (including phenoxy) is 2. The molecule has 1 N–H and O–H groups in total. The molecular weight excluding hydrogens is 369 g/mol. The minimum absolute atomic E-state index is 0.0375. The molecule has 0 radical (unpaired) electrons. The predicted octanol–water partition coefficient (Wildman–Crippen LogP) is 2.67. The van der Waals surface area contributed by atoms with E-state index < -0.39 is 30.3 Å². The third kappa shape index (κ3) is 2.87. The molecule has 3 aliphatic rings. The van der Waals surface area contributed by atoms with Crippen LogP contribution in [0, 0.1) is 23.7 Å². The molecule has 0 spiro atoms. The maximum atomic E-state index is 12.4. The molecule has 4 rings (SSSR count). The number of amides is 1. The van der Waals surface area contributed by atoms with Gasteiger partial charge in [0.2, 0.25) is 0 Å². The van der Waals surface area contributed by atoms with Gasteiger partial charge in [-0.1, -0.05) is 23.2 Å². The van der Waals surface area contributed by atoms with Gasteiger partial charge in [-0.25, -0.2) is 0 Å². The summed E-state index contributed by atoms with van der Waals surface area (Å²) in [4.78, 5) is 36.2. The number of hydrogen-bond donors (Lipinski definition) is 1. The van der Waals surface area contributed by atoms with Crippen LogP contribution in [-0.4, -0.2) is 30.6 Å². The molecule has 1 aliphatic heterocycles. The van der Waals surface area contributed by atoms with Crippen molar-refractivity contribution in [3.8, 4) is 0 Å². The number of hydrogen-bond acceptors (Lipinski definition) is 5. The number of rotatable bonds is 4. The van der Waals surface area contributed by atoms with E-state index in [-0.39, 0.29) is 23.9 Å². The Morgan fingerprint density at radius 2 is 2.04 bits per heavy atom. The minimum atomic E-state index is -0.501. The number of anilines is 1. The monoisotopic (exact) mass is 383 g/mol. The van der Waals surface area contributed by atoms with Gasteiger partial charge in [0, 0.05) is 11.6 Å². The SMILES string of the molecule is O=C(COC(=O)[C@@H]1[C@@H]2C[C@@H]3[C@@H]1C(=O)O[C@@H]3C2)Nc1ccc(Cl)c(Cl)c1. The molecule has 5 atom stereocenters. The summed E-state index contributed by atoms with van der Waals surface area (Å²) in [5.74, 6) is -1.96. The predicted molar refractivity (Wildman–Crippen MR) is 89.1 cm³/mol. The number of nitrogens with one attached hydrogen (secondary N) is 1. The first-order valence-electron chi connectivity index (χ1n) is 8.06. The van der Waals surface area contributed by atoms with Crippen molar-refractivity contribution in [2.24, 2.45) is 23.7 Å². The first-order valence-corrected chi connectivity index (χ1v) is 8.81. The average Bonchev–Trinajstić information content (AvgIpc) is 3.18. The van der Waals surface area contributed by atoms with Crippen molar-refractivity contribution < 1.29 is 23.9 Å². The zero-order chi connectivity index (χ0) is 17.7. The van der Waals surface area contributed by atoms with Crippen LogP contribution in [0.2, 0.25) is 10.0 Å². The van der Waals surface area contributed by atoms with Gasteiger partial charge in [-0.05, 0) is 37.0 Å². The summed E-state index contributed by atoms with van der Waals surface area (Å²) in [5, 5.41) is 3.27. The lowest BCUT2D eigenvalue weighted by Gasteiger charge is -2.22. The van der Waals surface area contributed by atoms with Crippen LogP contribution in [0.25, 0.3) is 0 Å². The lowest BCUT2D eigenvalue weighted by Crippen LogP contribution is -2.34. The summed E-state index contributed by atoms with van der Waals surface area (Å²) in [7, 11) is 0. The maximum absolute atomic E-state index is 12.4. The van der Waals surface area contributed by atoms with E-state index >= 15 is 0 Å². The Bertz CT molecular complexity index is 765. The molecule has 3 fully saturated rings. The third-order valence-corrected chi connectivity index (χ3v) is 6.04. The highest BCUT2D eigenvalue weighted by Crippen LogP contribution is 2.57. The highest BCUT2D eigenvalue weighted by molar-refractivity contribution is 6.42. The zero-order valence-corrected chi connectivity index (χ0v) is 14.5. The first-order chi connectivity index (χ1) is 11.9. The van der Waals surface area contributed by atoms with Crippen LogP contribution in [0.5, 0.6) is 0 Å². The van der Waals surface area contributed by atoms with Crippen molar-refractivity contribution in [2.75, 3.05) is 11.9 Å². The fourth-order valence-electron chi connectivity index (χ4n) is 4.33. The average molecular weight is 384 g/mol. The van der Waals surface area contributed by atoms with Crippen molar-refractivity contribution in [3.05, 3.63) is 28.2 Å². The number of halogens is 2. The van der Waals surface area contributed by atoms with Crippen LogP contribution in [0.15, 0.2) is 18.2 Å². The Morgan fingerprint density at radius 3 is 2.80 bits per heavy atom. The molecule has 1 aromatic rings. The molecule has 1 saturated heterocycles. The summed E-state index contributed by atoms with van der Waals surface area (Å²) in [6, 6.07) is 4.66. The van der Waals surface area contributed by atoms with Crippen LogP contribution in [-0.2, 0) is 23.9 Å². The van der Waals surface area contributed by atoms with E-state index in [1.807, 2.05) is 0 Å². The Balaban J connectivity index is 1.34. The molecule has 2 aliphatic carbocycles. The molecule has 6 nitrogen and oxygen atoms in total. The van der Waals surface area contributed by atoms with E-state index in [2.05, 4.69) is 5.32 Å². The lowest BCUT2D eigenvalue weighted by atomic mass is 9.80. The number of benzene rings is 1. The summed E-state index contributed by atoms with van der Waals surface area (Å²) in [6.45, 7) is -0.418. The normalized spacial score (nSPS) is 31.8. The minimum Gasteiger partial charge on any atom is -0.462 e. The van der Waals surface area contributed by atoms with Crippen molar-refractivity contribution in [1.29, 1.82) is 0 Å². The molecule has 1 amide bonds. The lowest BCUT2D eigenvalue weighted by molar-refractivity contribution is -0.157. The summed E-state index contributed by atoms with van der Waals surface area (Å²) in [6.07, 6.45) is 1.49. The smallest absolute Gasteiger partial charge is 0.310 e. The van der Waals surface area contributed by atoms with Crippen molar-refractivity contribution in [1.82, 2.24) is 0 Å². The van der Waals surface area contributed by atoms with Crippen LogP contribution in [0.3, 0.4) is 0 Å². The fraction of sp³-hybridized carbons (Fsp3) is 0.471. The first kappa shape index (κ1) is 16.7. The molecule has 25 heavy (non-hydrogen) atoms. The number of carbonyl (C=O) groups is 3. The molecule has 132 valence electrons. The van der Waals surface area contributed by atoms with Crippen LogP contribution >= 0.6 is 23.2 Å². The standard InChI is InChI=1S/C17H15Cl2NO5/c18-10-2-1-8(5-11(10)19)20-13(21)6-24-16(22)14-7-3-9-12(4-7)25-17(23)15(9)14/h1-2,5,7,9,12,14-15H,3-4,6H2,(H,20,21)/t7-,9+,12-,14-,15+/m1/s1. The summed E-state index contributed by atoms with van der Waals surface area (Å²) in [5.41, 5.74) is 0.456. The van der Waals surface area contributed by atoms with E-state index in [1.165, 1.54) is 6.07 Å². The van der Waals surface area contributed by atoms with Gasteiger partial charge in [0.05, 0.1) is 21.9 Å². The van der Waals surface area contributed by atoms with Gasteiger partial charge in [0.15, 0.2) is 6.61 Å². The van der Waals surface area contributed by atoms with Gasteiger partial charge in [-0.3, -0.25) is 14.4 Å². The molecule has 1 heterocycles. The van der Waals surface area contributed by atoms with E-state index in [1.54, 1.807) is 12.1 Å². The number of fused-ring (bicyclic) bond motifs is 1. The quantitative estimate of drug-likeness (QED) is 0.808. The summed E-state index contributed by atoms with van der Waals surface area (Å²) < 4.78 is 10.4. The zero-order valence-electron chi connectivity index (χ0n) is 13.0. The molecule has 8 heteroatoms. The van der Waals surface area contributed by atoms with Gasteiger partial charge in [-0.2, -0.15) is 0 Å². The molecule has 2 bridgehead atoms. The molecule has 0 unspecified atom stereocenters. The largest absolute Gasteiger partial charge is 0.462 e. The van der Waals surface area contributed by atoms with Crippen molar-refractivity contribution in [3.63, 3.8) is 0 Å². The Hall–Kier alpha value is -1.79. The topological polar surface area (TPSA) is 81.7 Å². The van der Waals surface area contributed by atoms with Crippen molar-refractivity contribution in [2.45, 2.75) is 18.9 Å². The van der Waals surface area contributed by atoms with Gasteiger partial charge < -0.3 is 14.8 Å². The Labute approximate surface area is 153 Å². The van der Waals surface area contributed by atoms with Gasteiger partial charge in [0.1, 0.15) is 6.10 Å². The van der Waals surface area contributed by atoms with Crippen LogP contribution in [0.1, 0.15) is 12.8 Å². The maximum Gasteiger partial charge on any atom is 0.310 e. The molecule has 1 aromatic carbocycles. The van der Waals surface area contributed by atoms with Crippen molar-refractivity contribution >= 4 is 46.7 Å². The second-order valence-corrected chi connectivity index (χ2v) is 7.52. The van der Waals surface area contributed by atoms with Crippen LogP contribution < -0.4 is 5.32 Å². The third-order valence-electron chi connectivity index (χ3n) is 5.30. The van der Waals surface area contributed by atoms with E-state index in [0.717, 1.165) is 6.42 Å². The number of esters is 2. The summed E-state index contributed by atoms with van der Waals surface area (Å²) >= 11 is 11.7. The van der Waals surface area contributed by atoms with Crippen LogP contribution in [0.4, 0.5) is 5.69 Å². The highest BCUT2D eigenvalue weighted by atomic mass is 35.5. The molecular formula is C17H15Cl2NO5. The Kier molecular flexibility index (Phi) is 4.12. The second-order valence-electron chi connectivity index (χ2n) is 6.71. The van der Waals surface area contributed by atoms with E-state index in [0.29, 0.717) is 22.2 Å². The van der Waals surface area contributed by atoms with E-state index in [4.69, 9.17) is 32.7 Å². The second kappa shape index (κ2) is 6.18. The van der Waals surface area contributed by atoms with Gasteiger partial charge >= 0.3 is 11.9 Å². The number of carbonyl (C=O) groups excluding carboxylic acids is 3. The molecule has 2 saturated carbocycles.